The van der Waals surface area contributed by atoms with Crippen molar-refractivity contribution in [3.63, 3.8) is 0 Å². The van der Waals surface area contributed by atoms with Crippen LogP contribution in [0.25, 0.3) is 0 Å². The van der Waals surface area contributed by atoms with Crippen molar-refractivity contribution in [1.29, 1.82) is 0 Å². The lowest BCUT2D eigenvalue weighted by Crippen LogP contribution is -2.36. The normalized spacial score (nSPS) is 16.6. The fraction of sp³-hybridized carbons (Fsp3) is 0.462. The van der Waals surface area contributed by atoms with Crippen LogP contribution in [0.2, 0.25) is 5.02 Å². The van der Waals surface area contributed by atoms with Crippen LogP contribution in [0.3, 0.4) is 0 Å². The average Bonchev–Trinajstić information content (AvgIpc) is 3.11. The second kappa shape index (κ2) is 5.52. The molecule has 1 aromatic rings. The maximum atomic E-state index is 11.6. The van der Waals surface area contributed by atoms with Gasteiger partial charge in [0.15, 0.2) is 0 Å². The number of amides is 1. The molecule has 0 spiro atoms. The van der Waals surface area contributed by atoms with Crippen LogP contribution in [0, 0.1) is 0 Å². The molecule has 1 aromatic carbocycles. The van der Waals surface area contributed by atoms with Gasteiger partial charge < -0.3 is 10.6 Å². The van der Waals surface area contributed by atoms with Gasteiger partial charge in [-0.25, -0.2) is 0 Å². The van der Waals surface area contributed by atoms with Crippen LogP contribution in [0.1, 0.15) is 31.4 Å². The molecule has 1 aliphatic rings. The second-order valence-corrected chi connectivity index (χ2v) is 4.93. The van der Waals surface area contributed by atoms with E-state index in [9.17, 15) is 4.79 Å². The van der Waals surface area contributed by atoms with Gasteiger partial charge in [-0.3, -0.25) is 4.79 Å². The van der Waals surface area contributed by atoms with Crippen LogP contribution >= 0.6 is 11.6 Å². The van der Waals surface area contributed by atoms with Crippen LogP contribution in [0.4, 0.5) is 0 Å². The Morgan fingerprint density at radius 1 is 1.41 bits per heavy atom. The van der Waals surface area contributed by atoms with Crippen molar-refractivity contribution in [1.82, 2.24) is 10.6 Å². The third kappa shape index (κ3) is 4.02. The fourth-order valence-electron chi connectivity index (χ4n) is 1.65. The third-order valence-corrected chi connectivity index (χ3v) is 3.13. The monoisotopic (exact) mass is 252 g/mol. The van der Waals surface area contributed by atoms with Gasteiger partial charge in [-0.2, -0.15) is 0 Å². The van der Waals surface area contributed by atoms with Crippen LogP contribution in [0.15, 0.2) is 24.3 Å². The third-order valence-electron chi connectivity index (χ3n) is 2.88. The predicted octanol–water partition coefficient (Wildman–Crippen LogP) is 2.27. The van der Waals surface area contributed by atoms with Gasteiger partial charge in [0.05, 0.1) is 12.6 Å². The first-order chi connectivity index (χ1) is 8.15. The molecular weight excluding hydrogens is 236 g/mol. The molecular formula is C13H17ClN2O. The summed E-state index contributed by atoms with van der Waals surface area (Å²) in [6, 6.07) is 8.11. The van der Waals surface area contributed by atoms with Gasteiger partial charge in [0.1, 0.15) is 0 Å². The Kier molecular flexibility index (Phi) is 4.02. The summed E-state index contributed by atoms with van der Waals surface area (Å²) in [4.78, 5) is 11.6. The molecule has 0 aromatic heterocycles. The van der Waals surface area contributed by atoms with Crippen molar-refractivity contribution in [3.05, 3.63) is 34.9 Å². The molecule has 0 unspecified atom stereocenters. The molecule has 4 heteroatoms. The quantitative estimate of drug-likeness (QED) is 0.844. The molecule has 0 aliphatic heterocycles. The van der Waals surface area contributed by atoms with Gasteiger partial charge in [-0.15, -0.1) is 0 Å². The molecule has 2 rings (SSSR count). The first-order valence-electron chi connectivity index (χ1n) is 5.93. The number of hydrogen-bond acceptors (Lipinski definition) is 2. The minimum Gasteiger partial charge on any atom is -0.348 e. The van der Waals surface area contributed by atoms with Gasteiger partial charge in [0, 0.05) is 11.1 Å². The lowest BCUT2D eigenvalue weighted by molar-refractivity contribution is -0.120. The lowest BCUT2D eigenvalue weighted by Gasteiger charge is -2.14. The van der Waals surface area contributed by atoms with Crippen molar-refractivity contribution in [2.24, 2.45) is 0 Å². The van der Waals surface area contributed by atoms with Crippen molar-refractivity contribution in [3.8, 4) is 0 Å². The average molecular weight is 253 g/mol. The lowest BCUT2D eigenvalue weighted by atomic mass is 10.1. The molecule has 0 saturated heterocycles. The Labute approximate surface area is 107 Å². The summed E-state index contributed by atoms with van der Waals surface area (Å²) in [5.41, 5.74) is 1.06. The number of benzene rings is 1. The highest BCUT2D eigenvalue weighted by Gasteiger charge is 2.21. The molecule has 1 aliphatic carbocycles. The number of rotatable bonds is 5. The second-order valence-electron chi connectivity index (χ2n) is 4.50. The summed E-state index contributed by atoms with van der Waals surface area (Å²) in [5, 5.41) is 6.85. The number of halogens is 1. The largest absolute Gasteiger partial charge is 0.348 e. The zero-order valence-electron chi connectivity index (χ0n) is 9.87. The first-order valence-corrected chi connectivity index (χ1v) is 6.31. The van der Waals surface area contributed by atoms with E-state index in [2.05, 4.69) is 10.6 Å². The van der Waals surface area contributed by atoms with Crippen LogP contribution in [-0.2, 0) is 4.79 Å². The Bertz CT molecular complexity index is 387. The molecule has 2 N–H and O–H groups in total. The molecule has 0 heterocycles. The van der Waals surface area contributed by atoms with Crippen LogP contribution in [-0.4, -0.2) is 18.5 Å². The summed E-state index contributed by atoms with van der Waals surface area (Å²) in [5.74, 6) is 0.0411. The summed E-state index contributed by atoms with van der Waals surface area (Å²) in [6.07, 6.45) is 2.39. The minimum absolute atomic E-state index is 0.0146. The highest BCUT2D eigenvalue weighted by atomic mass is 35.5. The standard InChI is InChI=1S/C13H17ClN2O/c1-9(10-2-4-11(14)5-3-10)16-13(17)8-15-12-6-7-12/h2-5,9,12,15H,6-8H2,1H3,(H,16,17)/t9-/m0/s1. The molecule has 0 radical (unpaired) electrons. The topological polar surface area (TPSA) is 41.1 Å². The summed E-state index contributed by atoms with van der Waals surface area (Å²) >= 11 is 5.82. The zero-order chi connectivity index (χ0) is 12.3. The first kappa shape index (κ1) is 12.4. The molecule has 1 atom stereocenters. The molecule has 1 amide bonds. The maximum absolute atomic E-state index is 11.6. The SMILES string of the molecule is C[C@H](NC(=O)CNC1CC1)c1ccc(Cl)cc1. The molecule has 1 fully saturated rings. The van der Waals surface area contributed by atoms with E-state index in [1.54, 1.807) is 0 Å². The molecule has 3 nitrogen and oxygen atoms in total. The molecule has 92 valence electrons. The molecule has 0 bridgehead atoms. The van der Waals surface area contributed by atoms with Crippen molar-refractivity contribution < 1.29 is 4.79 Å². The molecule has 17 heavy (non-hydrogen) atoms. The van der Waals surface area contributed by atoms with Gasteiger partial charge in [-0.05, 0) is 37.5 Å². The highest BCUT2D eigenvalue weighted by molar-refractivity contribution is 6.30. The minimum atomic E-state index is 0.0146. The highest BCUT2D eigenvalue weighted by Crippen LogP contribution is 2.18. The van der Waals surface area contributed by atoms with E-state index in [0.29, 0.717) is 17.6 Å². The van der Waals surface area contributed by atoms with Gasteiger partial charge in [0.2, 0.25) is 5.91 Å². The summed E-state index contributed by atoms with van der Waals surface area (Å²) in [7, 11) is 0. The van der Waals surface area contributed by atoms with E-state index in [1.807, 2.05) is 31.2 Å². The Balaban J connectivity index is 1.80. The fourth-order valence-corrected chi connectivity index (χ4v) is 1.78. The van der Waals surface area contributed by atoms with E-state index < -0.39 is 0 Å². The van der Waals surface area contributed by atoms with Crippen LogP contribution in [0.5, 0.6) is 0 Å². The van der Waals surface area contributed by atoms with Crippen molar-refractivity contribution in [2.75, 3.05) is 6.54 Å². The number of carbonyl (C=O) groups is 1. The Morgan fingerprint density at radius 3 is 2.65 bits per heavy atom. The number of carbonyl (C=O) groups excluding carboxylic acids is 1. The van der Waals surface area contributed by atoms with E-state index in [0.717, 1.165) is 5.56 Å². The van der Waals surface area contributed by atoms with Gasteiger partial charge in [-0.1, -0.05) is 23.7 Å². The Morgan fingerprint density at radius 2 is 2.06 bits per heavy atom. The van der Waals surface area contributed by atoms with Crippen molar-refractivity contribution in [2.45, 2.75) is 31.8 Å². The van der Waals surface area contributed by atoms with E-state index in [1.165, 1.54) is 12.8 Å². The van der Waals surface area contributed by atoms with E-state index >= 15 is 0 Å². The number of hydrogen-bond donors (Lipinski definition) is 2. The predicted molar refractivity (Wildman–Crippen MR) is 69.0 cm³/mol. The summed E-state index contributed by atoms with van der Waals surface area (Å²) < 4.78 is 0. The molecule has 1 saturated carbocycles. The summed E-state index contributed by atoms with van der Waals surface area (Å²) in [6.45, 7) is 2.38. The Hall–Kier alpha value is -1.06. The zero-order valence-corrected chi connectivity index (χ0v) is 10.6. The van der Waals surface area contributed by atoms with E-state index in [-0.39, 0.29) is 11.9 Å². The van der Waals surface area contributed by atoms with Crippen molar-refractivity contribution >= 4 is 17.5 Å². The maximum Gasteiger partial charge on any atom is 0.234 e. The van der Waals surface area contributed by atoms with Crippen LogP contribution < -0.4 is 10.6 Å². The van der Waals surface area contributed by atoms with Gasteiger partial charge in [0.25, 0.3) is 0 Å². The smallest absolute Gasteiger partial charge is 0.234 e. The van der Waals surface area contributed by atoms with E-state index in [4.69, 9.17) is 11.6 Å². The number of nitrogens with one attached hydrogen (secondary N) is 2. The van der Waals surface area contributed by atoms with Gasteiger partial charge >= 0.3 is 0 Å².